The second-order valence-electron chi connectivity index (χ2n) is 7.81. The Morgan fingerprint density at radius 2 is 1.88 bits per heavy atom. The monoisotopic (exact) mass is 418 g/mol. The van der Waals surface area contributed by atoms with E-state index in [0.717, 1.165) is 63.3 Å². The highest BCUT2D eigenvalue weighted by Crippen LogP contribution is 2.34. The van der Waals surface area contributed by atoms with Gasteiger partial charge in [-0.3, -0.25) is 0 Å². The topological polar surface area (TPSA) is 82.7 Å². The lowest BCUT2D eigenvalue weighted by atomic mass is 9.94. The number of hydrogen-bond acceptors (Lipinski definition) is 6. The lowest BCUT2D eigenvalue weighted by Gasteiger charge is -2.11. The molecule has 7 rings (SSSR count). The van der Waals surface area contributed by atoms with Crippen molar-refractivity contribution < 1.29 is 13.1 Å². The van der Waals surface area contributed by atoms with Crippen LogP contribution in [-0.4, -0.2) is 15.7 Å². The zero-order valence-electron chi connectivity index (χ0n) is 16.9. The van der Waals surface area contributed by atoms with Crippen molar-refractivity contribution in [2.24, 2.45) is 9.98 Å². The van der Waals surface area contributed by atoms with Crippen molar-refractivity contribution in [3.05, 3.63) is 107 Å². The van der Waals surface area contributed by atoms with Crippen molar-refractivity contribution >= 4 is 28.2 Å². The Balaban J connectivity index is 1.48. The van der Waals surface area contributed by atoms with E-state index < -0.39 is 0 Å². The number of allylic oxidation sites excluding steroid dienone is 5. The summed E-state index contributed by atoms with van der Waals surface area (Å²) in [6.07, 6.45) is 15.1. The molecule has 2 aliphatic heterocycles. The van der Waals surface area contributed by atoms with E-state index in [4.69, 9.17) is 18.8 Å². The highest BCUT2D eigenvalue weighted by atomic mass is 16.3. The molecule has 0 saturated carbocycles. The van der Waals surface area contributed by atoms with Gasteiger partial charge in [0.2, 0.25) is 6.33 Å². The summed E-state index contributed by atoms with van der Waals surface area (Å²) in [5, 5.41) is 1.01. The van der Waals surface area contributed by atoms with E-state index in [1.54, 1.807) is 12.5 Å². The summed E-state index contributed by atoms with van der Waals surface area (Å²) in [6, 6.07) is 9.94. The van der Waals surface area contributed by atoms with Gasteiger partial charge in [0.25, 0.3) is 0 Å². The molecule has 0 spiro atoms. The summed E-state index contributed by atoms with van der Waals surface area (Å²) in [5.74, 6) is 1.52. The Bertz CT molecular complexity index is 1680. The van der Waals surface area contributed by atoms with Gasteiger partial charge in [0, 0.05) is 34.1 Å². The van der Waals surface area contributed by atoms with E-state index >= 15 is 0 Å². The van der Waals surface area contributed by atoms with Gasteiger partial charge in [0.05, 0.1) is 18.7 Å². The van der Waals surface area contributed by atoms with Crippen molar-refractivity contribution in [3.8, 4) is 0 Å². The number of aryl methyl sites for hydroxylation is 1. The molecule has 0 atom stereocenters. The van der Waals surface area contributed by atoms with Crippen LogP contribution in [0.5, 0.6) is 0 Å². The van der Waals surface area contributed by atoms with E-state index in [1.807, 2.05) is 40.8 Å². The smallest absolute Gasteiger partial charge is 0.363 e. The van der Waals surface area contributed by atoms with Crippen LogP contribution in [0.1, 0.15) is 23.3 Å². The third-order valence-corrected chi connectivity index (χ3v) is 5.91. The van der Waals surface area contributed by atoms with E-state index in [-0.39, 0.29) is 0 Å². The molecule has 2 bridgehead atoms. The van der Waals surface area contributed by atoms with Gasteiger partial charge in [-0.15, -0.1) is 20.0 Å². The summed E-state index contributed by atoms with van der Waals surface area (Å²) >= 11 is 0. The van der Waals surface area contributed by atoms with Crippen LogP contribution in [-0.2, 0) is 6.42 Å². The van der Waals surface area contributed by atoms with Crippen molar-refractivity contribution in [3.63, 3.8) is 0 Å². The van der Waals surface area contributed by atoms with E-state index in [0.29, 0.717) is 11.6 Å². The Labute approximate surface area is 181 Å². The predicted octanol–water partition coefficient (Wildman–Crippen LogP) is 3.72. The number of fused-ring (bicyclic) bond motifs is 3. The lowest BCUT2D eigenvalue weighted by molar-refractivity contribution is -0.520. The molecule has 7 heteroatoms. The van der Waals surface area contributed by atoms with Crippen LogP contribution in [0.3, 0.4) is 0 Å². The van der Waals surface area contributed by atoms with Crippen molar-refractivity contribution in [1.29, 1.82) is 0 Å². The molecule has 0 unspecified atom stereocenters. The van der Waals surface area contributed by atoms with E-state index in [1.165, 1.54) is 6.33 Å². The third-order valence-electron chi connectivity index (χ3n) is 5.91. The van der Waals surface area contributed by atoms with Gasteiger partial charge in [-0.1, -0.05) is 18.2 Å². The summed E-state index contributed by atoms with van der Waals surface area (Å²) in [5.41, 5.74) is 7.09. The molecule has 3 aliphatic rings. The molecule has 1 aromatic carbocycles. The summed E-state index contributed by atoms with van der Waals surface area (Å²) in [7, 11) is 0. The van der Waals surface area contributed by atoms with Gasteiger partial charge in [-0.2, -0.15) is 4.24 Å². The Morgan fingerprint density at radius 1 is 0.906 bits per heavy atom. The van der Waals surface area contributed by atoms with Gasteiger partial charge in [0.15, 0.2) is 0 Å². The minimum atomic E-state index is 0.525. The molecule has 0 radical (unpaired) electrons. The second kappa shape index (κ2) is 6.55. The van der Waals surface area contributed by atoms with Crippen LogP contribution in [0.2, 0.25) is 0 Å². The molecular formula is C25H16N5O2+. The molecular weight excluding hydrogens is 402 g/mol. The maximum absolute atomic E-state index is 5.68. The quantitative estimate of drug-likeness (QED) is 0.465. The molecule has 5 heterocycles. The maximum atomic E-state index is 5.68. The first-order chi connectivity index (χ1) is 15.8. The van der Waals surface area contributed by atoms with Crippen LogP contribution in [0, 0.1) is 6.21 Å². The Morgan fingerprint density at radius 3 is 2.88 bits per heavy atom. The first kappa shape index (κ1) is 17.3. The molecule has 7 nitrogen and oxygen atoms in total. The van der Waals surface area contributed by atoms with Crippen LogP contribution >= 0.6 is 0 Å². The van der Waals surface area contributed by atoms with Crippen LogP contribution < -0.4 is 9.86 Å². The molecule has 4 aromatic rings. The van der Waals surface area contributed by atoms with E-state index in [9.17, 15) is 0 Å². The minimum Gasteiger partial charge on any atom is -0.469 e. The number of aliphatic imine (C=N–C) groups is 1. The fourth-order valence-corrected chi connectivity index (χ4v) is 4.46. The van der Waals surface area contributed by atoms with E-state index in [2.05, 4.69) is 28.2 Å². The number of aromatic nitrogens is 3. The zero-order valence-corrected chi connectivity index (χ0v) is 16.9. The van der Waals surface area contributed by atoms with Gasteiger partial charge >= 0.3 is 11.6 Å². The number of benzene rings is 1. The zero-order chi connectivity index (χ0) is 21.1. The average molecular weight is 418 g/mol. The number of rotatable bonds is 2. The van der Waals surface area contributed by atoms with Crippen LogP contribution in [0.4, 0.5) is 5.95 Å². The fourth-order valence-electron chi connectivity index (χ4n) is 4.46. The van der Waals surface area contributed by atoms with Crippen molar-refractivity contribution in [2.75, 3.05) is 0 Å². The van der Waals surface area contributed by atoms with Gasteiger partial charge in [-0.05, 0) is 36.8 Å². The lowest BCUT2D eigenvalue weighted by Crippen LogP contribution is -2.40. The first-order valence-electron chi connectivity index (χ1n) is 10.4. The second-order valence-corrected chi connectivity index (χ2v) is 7.81. The Kier molecular flexibility index (Phi) is 3.54. The minimum absolute atomic E-state index is 0.525. The van der Waals surface area contributed by atoms with Gasteiger partial charge in [-0.25, -0.2) is 0 Å². The van der Waals surface area contributed by atoms with Gasteiger partial charge < -0.3 is 8.83 Å². The Hall–Kier alpha value is -4.39. The maximum Gasteiger partial charge on any atom is 0.363 e. The first-order valence-corrected chi connectivity index (χ1v) is 10.4. The molecule has 0 saturated heterocycles. The third kappa shape index (κ3) is 2.58. The predicted molar refractivity (Wildman–Crippen MR) is 117 cm³/mol. The summed E-state index contributed by atoms with van der Waals surface area (Å²) < 4.78 is 13.1. The average Bonchev–Trinajstić information content (AvgIpc) is 3.40. The van der Waals surface area contributed by atoms with Crippen LogP contribution in [0.25, 0.3) is 16.5 Å². The molecule has 0 fully saturated rings. The summed E-state index contributed by atoms with van der Waals surface area (Å²) in [6.45, 7) is 0. The molecule has 152 valence electrons. The number of nitrogens with zero attached hydrogens (tertiary/aromatic N) is 5. The standard InChI is InChI=1S/C25H16N5O2/c1-3-16(18-7-9-31-22(18)5-1)20-11-15-12-21(17-4-2-6-23-19(17)8-10-32-23)29-25-27-14-26-24(28-20)30(25)13-15/h1,3-5,7-14H,2,6H2/q+1. The highest BCUT2D eigenvalue weighted by Gasteiger charge is 2.24. The molecule has 3 aromatic heterocycles. The highest BCUT2D eigenvalue weighted by molar-refractivity contribution is 6.17. The number of furan rings is 2. The number of hydrogen-bond donors (Lipinski definition) is 0. The van der Waals surface area contributed by atoms with Gasteiger partial charge in [0.1, 0.15) is 22.8 Å². The van der Waals surface area contributed by atoms with Crippen molar-refractivity contribution in [2.45, 2.75) is 12.8 Å². The SMILES string of the molecule is C1=C2C=C(C3=CCCc4occc43)N=c3ncnc([n+]3=C2)N=C1c1cccc2occc12. The van der Waals surface area contributed by atoms with Crippen LogP contribution in [0.15, 0.2) is 97.5 Å². The molecule has 32 heavy (non-hydrogen) atoms. The largest absolute Gasteiger partial charge is 0.469 e. The summed E-state index contributed by atoms with van der Waals surface area (Å²) in [4.78, 5) is 18.6. The fraction of sp³-hybridized carbons (Fsp3) is 0.0800. The molecule has 0 amide bonds. The molecule has 0 N–H and O–H groups in total. The normalized spacial score (nSPS) is 16.5. The van der Waals surface area contributed by atoms with Crippen molar-refractivity contribution in [1.82, 2.24) is 9.97 Å². The molecule has 1 aliphatic carbocycles.